The summed E-state index contributed by atoms with van der Waals surface area (Å²) >= 11 is 0. The van der Waals surface area contributed by atoms with E-state index in [9.17, 15) is 2.74 Å². The van der Waals surface area contributed by atoms with Crippen molar-refractivity contribution in [3.63, 3.8) is 0 Å². The van der Waals surface area contributed by atoms with Crippen LogP contribution in [0, 0.1) is 0 Å². The van der Waals surface area contributed by atoms with Crippen molar-refractivity contribution in [1.29, 1.82) is 0 Å². The van der Waals surface area contributed by atoms with Gasteiger partial charge in [0.15, 0.2) is 0 Å². The van der Waals surface area contributed by atoms with Gasteiger partial charge >= 0.3 is 0 Å². The summed E-state index contributed by atoms with van der Waals surface area (Å²) in [6.07, 6.45) is 5.34. The summed E-state index contributed by atoms with van der Waals surface area (Å²) in [6.45, 7) is 42.4. The van der Waals surface area contributed by atoms with Crippen molar-refractivity contribution in [2.75, 3.05) is 9.80 Å². The zero-order valence-electron chi connectivity index (χ0n) is 50.9. The van der Waals surface area contributed by atoms with Crippen LogP contribution in [0.25, 0.3) is 11.1 Å². The van der Waals surface area contributed by atoms with Gasteiger partial charge in [-0.3, -0.25) is 0 Å². The van der Waals surface area contributed by atoms with Crippen molar-refractivity contribution in [2.24, 2.45) is 0 Å². The molecule has 362 valence electrons. The first-order chi connectivity index (χ1) is 34.5. The standard InChI is InChI=1S/C67H81BN2/c1-60(2,3)42-24-28-52-50(34-42)68-51-38-48-49(65(13,14)33-32-64(48,11)12)39-54(51)69(44-25-26-45-47(37-44)63(9,10)31-30-62(45,7)8)55-35-43(61(4,5)6)36-56(59(55)68)70(52)53-29-27-46-58(67(17,18)40-66(46,15)16)57(53)41-22-20-19-21-23-41/h19-29,34-39H,30-33,40H2,1-18H3/i19D,20D,21D,22D,23D. The van der Waals surface area contributed by atoms with Crippen molar-refractivity contribution < 1.29 is 6.85 Å². The molecule has 0 bridgehead atoms. The maximum Gasteiger partial charge on any atom is 0.252 e. The van der Waals surface area contributed by atoms with Gasteiger partial charge in [0, 0.05) is 34.0 Å². The molecule has 6 aromatic rings. The average Bonchev–Trinajstić information content (AvgIpc) is 3.51. The molecule has 0 saturated carbocycles. The quantitative estimate of drug-likeness (QED) is 0.163. The first-order valence-electron chi connectivity index (χ1n) is 29.0. The van der Waals surface area contributed by atoms with E-state index in [4.69, 9.17) is 4.11 Å². The van der Waals surface area contributed by atoms with E-state index in [0.717, 1.165) is 65.9 Å². The second kappa shape index (κ2) is 14.8. The highest BCUT2D eigenvalue weighted by Crippen LogP contribution is 2.58. The first kappa shape index (κ1) is 41.6. The lowest BCUT2D eigenvalue weighted by Crippen LogP contribution is -2.62. The molecule has 11 rings (SSSR count). The van der Waals surface area contributed by atoms with Crippen molar-refractivity contribution in [2.45, 2.75) is 200 Å². The van der Waals surface area contributed by atoms with Crippen LogP contribution in [-0.2, 0) is 43.3 Å². The van der Waals surface area contributed by atoms with Gasteiger partial charge < -0.3 is 9.80 Å². The molecule has 70 heavy (non-hydrogen) atoms. The summed E-state index contributed by atoms with van der Waals surface area (Å²) in [4.78, 5) is 5.09. The van der Waals surface area contributed by atoms with Gasteiger partial charge in [0.2, 0.25) is 0 Å². The summed E-state index contributed by atoms with van der Waals surface area (Å²) in [5.41, 5.74) is 20.6. The van der Waals surface area contributed by atoms with Gasteiger partial charge in [-0.15, -0.1) is 0 Å². The van der Waals surface area contributed by atoms with Gasteiger partial charge in [-0.05, 0) is 184 Å². The Morgan fingerprint density at radius 1 is 0.443 bits per heavy atom. The Hall–Kier alpha value is -5.02. The summed E-state index contributed by atoms with van der Waals surface area (Å²) in [5, 5.41) is 0. The fraction of sp³-hybridized carbons (Fsp3) is 0.463. The van der Waals surface area contributed by atoms with Gasteiger partial charge in [0.1, 0.15) is 0 Å². The van der Waals surface area contributed by atoms with Gasteiger partial charge in [0.05, 0.1) is 12.5 Å². The molecule has 0 aromatic heterocycles. The van der Waals surface area contributed by atoms with Gasteiger partial charge in [-0.2, -0.15) is 0 Å². The molecule has 0 unspecified atom stereocenters. The van der Waals surface area contributed by atoms with E-state index in [1.807, 2.05) is 0 Å². The topological polar surface area (TPSA) is 6.48 Å². The molecule has 2 aliphatic heterocycles. The minimum atomic E-state index is -0.388. The van der Waals surface area contributed by atoms with Crippen molar-refractivity contribution in [3.8, 4) is 11.1 Å². The minimum absolute atomic E-state index is 0.00856. The van der Waals surface area contributed by atoms with Gasteiger partial charge in [-0.25, -0.2) is 0 Å². The lowest BCUT2D eigenvalue weighted by atomic mass is 9.32. The van der Waals surface area contributed by atoms with Crippen LogP contribution in [0.5, 0.6) is 0 Å². The van der Waals surface area contributed by atoms with Crippen LogP contribution in [0.4, 0.5) is 34.1 Å². The molecular weight excluding hydrogens is 844 g/mol. The average molecular weight is 930 g/mol. The number of rotatable bonds is 3. The fourth-order valence-electron chi connectivity index (χ4n) is 14.2. The second-order valence-corrected chi connectivity index (χ2v) is 28.4. The Morgan fingerprint density at radius 2 is 0.957 bits per heavy atom. The maximum atomic E-state index is 9.74. The van der Waals surface area contributed by atoms with Gasteiger partial charge in [0.25, 0.3) is 6.71 Å². The molecule has 0 N–H and O–H groups in total. The van der Waals surface area contributed by atoms with E-state index in [1.165, 1.54) is 66.8 Å². The van der Waals surface area contributed by atoms with E-state index in [-0.39, 0.29) is 85.8 Å². The van der Waals surface area contributed by atoms with Crippen LogP contribution in [0.2, 0.25) is 0 Å². The Labute approximate surface area is 430 Å². The highest BCUT2D eigenvalue weighted by atomic mass is 15.2. The lowest BCUT2D eigenvalue weighted by molar-refractivity contribution is 0.332. The SMILES string of the molecule is [2H]c1c([2H])c([2H])c(-c2c(N3c4ccc(C(C)(C)C)cc4B4c5cc6c(cc5N(c5ccc7c(c5)C(C)(C)CCC7(C)C)c5cc(C(C)(C)C)cc3c54)C(C)(C)CCC6(C)C)ccc3c2C(C)(C)CC3(C)C)c([2H])c1[2H]. The normalized spacial score (nSPS) is 21.5. The number of fused-ring (bicyclic) bond motifs is 7. The highest BCUT2D eigenvalue weighted by molar-refractivity contribution is 7.00. The number of hydrogen-bond donors (Lipinski definition) is 0. The van der Waals surface area contributed by atoms with Crippen LogP contribution in [-0.4, -0.2) is 6.71 Å². The second-order valence-electron chi connectivity index (χ2n) is 28.4. The van der Waals surface area contributed by atoms with Crippen molar-refractivity contribution in [1.82, 2.24) is 0 Å². The molecule has 0 saturated heterocycles. The summed E-state index contributed by atoms with van der Waals surface area (Å²) in [6, 6.07) is 27.8. The molecule has 3 aliphatic carbocycles. The molecule has 2 heterocycles. The molecule has 2 nitrogen and oxygen atoms in total. The third-order valence-corrected chi connectivity index (χ3v) is 18.3. The lowest BCUT2D eigenvalue weighted by Gasteiger charge is -2.48. The Kier molecular flexibility index (Phi) is 8.79. The minimum Gasteiger partial charge on any atom is -0.311 e. The summed E-state index contributed by atoms with van der Waals surface area (Å²) < 4.78 is 46.6. The molecular formula is C67H81BN2. The first-order valence-corrected chi connectivity index (χ1v) is 26.5. The molecule has 0 amide bonds. The van der Waals surface area contributed by atoms with Gasteiger partial charge in [-0.1, -0.05) is 185 Å². The Balaban J connectivity index is 1.34. The third kappa shape index (κ3) is 7.00. The molecule has 3 heteroatoms. The number of benzene rings is 6. The Morgan fingerprint density at radius 3 is 1.56 bits per heavy atom. The van der Waals surface area contributed by atoms with E-state index in [2.05, 4.69) is 207 Å². The van der Waals surface area contributed by atoms with Crippen LogP contribution in [0.1, 0.15) is 208 Å². The predicted octanol–water partition coefficient (Wildman–Crippen LogP) is 16.7. The molecule has 0 spiro atoms. The summed E-state index contributed by atoms with van der Waals surface area (Å²) in [7, 11) is 0. The van der Waals surface area contributed by atoms with Crippen molar-refractivity contribution in [3.05, 3.63) is 148 Å². The highest BCUT2D eigenvalue weighted by Gasteiger charge is 2.50. The van der Waals surface area contributed by atoms with Crippen LogP contribution >= 0.6 is 0 Å². The van der Waals surface area contributed by atoms with Crippen LogP contribution in [0.3, 0.4) is 0 Å². The van der Waals surface area contributed by atoms with Crippen LogP contribution in [0.15, 0.2) is 103 Å². The molecule has 0 radical (unpaired) electrons. The van der Waals surface area contributed by atoms with Crippen LogP contribution < -0.4 is 26.2 Å². The largest absolute Gasteiger partial charge is 0.311 e. The maximum absolute atomic E-state index is 9.74. The monoisotopic (exact) mass is 930 g/mol. The van der Waals surface area contributed by atoms with E-state index < -0.39 is 0 Å². The van der Waals surface area contributed by atoms with E-state index in [1.54, 1.807) is 0 Å². The number of nitrogens with zero attached hydrogens (tertiary/aromatic N) is 2. The molecule has 5 aliphatic rings. The predicted molar refractivity (Wildman–Crippen MR) is 305 cm³/mol. The number of hydrogen-bond acceptors (Lipinski definition) is 2. The smallest absolute Gasteiger partial charge is 0.252 e. The Bertz CT molecular complexity index is 3440. The third-order valence-electron chi connectivity index (χ3n) is 18.3. The summed E-state index contributed by atoms with van der Waals surface area (Å²) in [5.74, 6) is 0. The van der Waals surface area contributed by atoms with Crippen molar-refractivity contribution >= 4 is 57.2 Å². The number of anilines is 6. The fourth-order valence-corrected chi connectivity index (χ4v) is 14.2. The van der Waals surface area contributed by atoms with E-state index >= 15 is 0 Å². The molecule has 0 fully saturated rings. The zero-order valence-corrected chi connectivity index (χ0v) is 45.9. The van der Waals surface area contributed by atoms with E-state index in [0.29, 0.717) is 0 Å². The molecule has 0 atom stereocenters. The molecule has 6 aromatic carbocycles. The zero-order chi connectivity index (χ0) is 54.6.